The number of rotatable bonds is 15. The zero-order valence-electron chi connectivity index (χ0n) is 20.6. The van der Waals surface area contributed by atoms with Gasteiger partial charge in [0, 0.05) is 30.8 Å². The first-order chi connectivity index (χ1) is 16.6. The molecule has 9 heteroatoms. The molecule has 1 aliphatic rings. The van der Waals surface area contributed by atoms with Crippen LogP contribution in [0.15, 0.2) is 38.9 Å². The highest BCUT2D eigenvalue weighted by Gasteiger charge is 2.24. The van der Waals surface area contributed by atoms with Gasteiger partial charge in [-0.2, -0.15) is 0 Å². The van der Waals surface area contributed by atoms with E-state index in [2.05, 4.69) is 15.6 Å². The Labute approximate surface area is 202 Å². The highest BCUT2D eigenvalue weighted by atomic mass is 31.2. The number of pyridine rings is 1. The van der Waals surface area contributed by atoms with Gasteiger partial charge in [0.05, 0.1) is 19.3 Å². The van der Waals surface area contributed by atoms with E-state index in [1.165, 1.54) is 19.3 Å². The first kappa shape index (κ1) is 26.6. The molecular weight excluding hydrogens is 451 g/mol. The van der Waals surface area contributed by atoms with Gasteiger partial charge in [0.15, 0.2) is 0 Å². The van der Waals surface area contributed by atoms with Gasteiger partial charge in [0.2, 0.25) is 7.51 Å². The van der Waals surface area contributed by atoms with E-state index in [1.807, 2.05) is 13.8 Å². The third kappa shape index (κ3) is 7.49. The lowest BCUT2D eigenvalue weighted by atomic mass is 9.97. The predicted octanol–water partition coefficient (Wildman–Crippen LogP) is 5.83. The molecule has 0 saturated heterocycles. The molecule has 0 spiro atoms. The van der Waals surface area contributed by atoms with Gasteiger partial charge in [-0.05, 0) is 51.7 Å². The lowest BCUT2D eigenvalue weighted by molar-refractivity contribution is 0.253. The van der Waals surface area contributed by atoms with E-state index in [4.69, 9.17) is 13.8 Å². The Kier molecular flexibility index (Phi) is 10.8. The highest BCUT2D eigenvalue weighted by molar-refractivity contribution is 7.56. The summed E-state index contributed by atoms with van der Waals surface area (Å²) in [5, 5.41) is 6.16. The molecule has 1 saturated carbocycles. The Morgan fingerprint density at radius 1 is 0.941 bits per heavy atom. The second-order valence-corrected chi connectivity index (χ2v) is 11.2. The van der Waals surface area contributed by atoms with E-state index in [0.717, 1.165) is 50.4 Å². The van der Waals surface area contributed by atoms with Crippen molar-refractivity contribution < 1.29 is 9.05 Å². The van der Waals surface area contributed by atoms with Crippen LogP contribution >= 0.6 is 7.51 Å². The van der Waals surface area contributed by atoms with Gasteiger partial charge in [-0.25, -0.2) is 0 Å². The minimum absolute atomic E-state index is 0.337. The fourth-order valence-corrected chi connectivity index (χ4v) is 7.14. The Bertz CT molecular complexity index is 988. The van der Waals surface area contributed by atoms with E-state index >= 15 is 0 Å². The lowest BCUT2D eigenvalue weighted by Crippen LogP contribution is -2.36. The maximum absolute atomic E-state index is 12.0. The summed E-state index contributed by atoms with van der Waals surface area (Å²) in [6.07, 6.45) is 14.3. The number of hydrogen-bond acceptors (Lipinski definition) is 8. The van der Waals surface area contributed by atoms with Crippen molar-refractivity contribution in [2.75, 3.05) is 36.6 Å². The quantitative estimate of drug-likeness (QED) is 0.184. The summed E-state index contributed by atoms with van der Waals surface area (Å²) in [6.45, 7) is 5.96. The smallest absolute Gasteiger partial charge is 0.253 e. The van der Waals surface area contributed by atoms with Crippen LogP contribution in [-0.4, -0.2) is 36.9 Å². The van der Waals surface area contributed by atoms with Gasteiger partial charge in [0.25, 0.3) is 10.9 Å². The molecule has 3 rings (SSSR count). The molecule has 1 fully saturated rings. The first-order valence-electron chi connectivity index (χ1n) is 12.7. The number of nitrogens with one attached hydrogen (secondary N) is 2. The zero-order chi connectivity index (χ0) is 24.2. The normalized spacial score (nSPS) is 14.9. The standard InChI is InChI=1S/C25H39N4O4P/c1-3-32-34(33-4-2,29-21-12-8-7-9-13-21)19-11-6-5-10-16-27-22-23(25(31)24(22)30)28-20-14-17-26-18-15-20/h14-15,17-18,21,27H,3-13,16,19H2,1-2H3,(H,26,28). The van der Waals surface area contributed by atoms with Crippen molar-refractivity contribution in [2.45, 2.75) is 77.7 Å². The molecule has 0 atom stereocenters. The SMILES string of the molecule is CCOP(CCCCCCNc1c(Nc2ccncc2)c(=O)c1=O)(=NC1CCCCC1)OCC. The first-order valence-corrected chi connectivity index (χ1v) is 14.5. The Morgan fingerprint density at radius 2 is 1.59 bits per heavy atom. The van der Waals surface area contributed by atoms with Crippen LogP contribution in [-0.2, 0) is 9.05 Å². The molecule has 2 N–H and O–H groups in total. The molecule has 1 heterocycles. The van der Waals surface area contributed by atoms with Gasteiger partial charge in [-0.1, -0.05) is 32.1 Å². The van der Waals surface area contributed by atoms with Crippen molar-refractivity contribution in [3.8, 4) is 0 Å². The second-order valence-electron chi connectivity index (χ2n) is 8.71. The van der Waals surface area contributed by atoms with Gasteiger partial charge in [-0.15, -0.1) is 0 Å². The summed E-state index contributed by atoms with van der Waals surface area (Å²) in [6, 6.07) is 3.90. The van der Waals surface area contributed by atoms with Gasteiger partial charge in [-0.3, -0.25) is 19.3 Å². The minimum atomic E-state index is -2.18. The fourth-order valence-electron chi connectivity index (χ4n) is 4.40. The number of anilines is 3. The molecule has 0 radical (unpaired) electrons. The van der Waals surface area contributed by atoms with Crippen LogP contribution in [0.3, 0.4) is 0 Å². The summed E-state index contributed by atoms with van der Waals surface area (Å²) in [5.74, 6) is 0. The third-order valence-corrected chi connectivity index (χ3v) is 8.99. The van der Waals surface area contributed by atoms with E-state index in [-0.39, 0.29) is 0 Å². The van der Waals surface area contributed by atoms with Crippen LogP contribution < -0.4 is 21.5 Å². The Hall–Kier alpha value is -2.02. The van der Waals surface area contributed by atoms with E-state index in [9.17, 15) is 9.59 Å². The molecule has 0 unspecified atom stereocenters. The van der Waals surface area contributed by atoms with E-state index in [0.29, 0.717) is 37.2 Å². The van der Waals surface area contributed by atoms with Crippen LogP contribution in [0.2, 0.25) is 0 Å². The highest BCUT2D eigenvalue weighted by Crippen LogP contribution is 2.54. The van der Waals surface area contributed by atoms with Crippen LogP contribution in [0.1, 0.15) is 71.6 Å². The predicted molar refractivity (Wildman–Crippen MR) is 140 cm³/mol. The molecule has 0 amide bonds. The lowest BCUT2D eigenvalue weighted by Gasteiger charge is -2.28. The molecule has 0 aliphatic heterocycles. The van der Waals surface area contributed by atoms with Crippen LogP contribution in [0.5, 0.6) is 0 Å². The van der Waals surface area contributed by atoms with Gasteiger partial charge >= 0.3 is 0 Å². The van der Waals surface area contributed by atoms with Crippen LogP contribution in [0, 0.1) is 0 Å². The number of nitrogens with zero attached hydrogens (tertiary/aromatic N) is 2. The molecule has 8 nitrogen and oxygen atoms in total. The average Bonchev–Trinajstić information content (AvgIpc) is 2.86. The monoisotopic (exact) mass is 490 g/mol. The van der Waals surface area contributed by atoms with Crippen molar-refractivity contribution in [1.82, 2.24) is 4.98 Å². The fraction of sp³-hybridized carbons (Fsp3) is 0.640. The van der Waals surface area contributed by atoms with Gasteiger partial charge in [0.1, 0.15) is 11.4 Å². The maximum Gasteiger partial charge on any atom is 0.253 e. The average molecular weight is 491 g/mol. The van der Waals surface area contributed by atoms with Crippen molar-refractivity contribution in [1.29, 1.82) is 0 Å². The third-order valence-electron chi connectivity index (χ3n) is 6.10. The van der Waals surface area contributed by atoms with Crippen molar-refractivity contribution in [2.24, 2.45) is 4.74 Å². The second kappa shape index (κ2) is 13.8. The molecular formula is C25H39N4O4P. The Balaban J connectivity index is 1.43. The van der Waals surface area contributed by atoms with E-state index in [1.54, 1.807) is 24.5 Å². The van der Waals surface area contributed by atoms with Gasteiger partial charge < -0.3 is 19.7 Å². The molecule has 1 aromatic heterocycles. The maximum atomic E-state index is 12.0. The number of hydrogen-bond donors (Lipinski definition) is 2. The summed E-state index contributed by atoms with van der Waals surface area (Å²) in [4.78, 5) is 27.9. The molecule has 2 aromatic rings. The number of aromatic nitrogens is 1. The summed E-state index contributed by atoms with van der Waals surface area (Å²) >= 11 is 0. The minimum Gasteiger partial charge on any atom is -0.380 e. The molecule has 0 bridgehead atoms. The molecule has 1 aromatic carbocycles. The summed E-state index contributed by atoms with van der Waals surface area (Å²) < 4.78 is 17.5. The van der Waals surface area contributed by atoms with E-state index < -0.39 is 18.4 Å². The zero-order valence-corrected chi connectivity index (χ0v) is 21.4. The molecule has 34 heavy (non-hydrogen) atoms. The molecule has 1 aliphatic carbocycles. The summed E-state index contributed by atoms with van der Waals surface area (Å²) in [5.41, 5.74) is 0.519. The summed E-state index contributed by atoms with van der Waals surface area (Å²) in [7, 11) is -2.18. The topological polar surface area (TPSA) is 102 Å². The Morgan fingerprint density at radius 3 is 2.26 bits per heavy atom. The largest absolute Gasteiger partial charge is 0.380 e. The van der Waals surface area contributed by atoms with Crippen LogP contribution in [0.4, 0.5) is 17.1 Å². The number of unbranched alkanes of at least 4 members (excludes halogenated alkanes) is 3. The van der Waals surface area contributed by atoms with Crippen molar-refractivity contribution >= 4 is 24.6 Å². The van der Waals surface area contributed by atoms with Crippen LogP contribution in [0.25, 0.3) is 0 Å². The van der Waals surface area contributed by atoms with Crippen molar-refractivity contribution in [3.05, 3.63) is 45.0 Å². The molecule has 188 valence electrons. The van der Waals surface area contributed by atoms with Crippen molar-refractivity contribution in [3.63, 3.8) is 0 Å².